The van der Waals surface area contributed by atoms with Gasteiger partial charge in [-0.15, -0.1) is 0 Å². The Bertz CT molecular complexity index is 685. The average molecular weight is 341 g/mol. The standard InChI is InChI=1S/C20H23NO4/c1-24-18-11-5-10-17(15-18)21-19(22)12-13-20(23)25-14-6-9-16-7-3-2-4-8-16/h2-5,7-8,10-11,15H,6,9,12-14H2,1H3,(H,21,22). The summed E-state index contributed by atoms with van der Waals surface area (Å²) in [7, 11) is 1.56. The molecular weight excluding hydrogens is 318 g/mol. The zero-order chi connectivity index (χ0) is 17.9. The minimum atomic E-state index is -0.353. The second-order valence-corrected chi connectivity index (χ2v) is 5.59. The van der Waals surface area contributed by atoms with Crippen LogP contribution in [0, 0.1) is 0 Å². The van der Waals surface area contributed by atoms with E-state index in [1.807, 2.05) is 30.3 Å². The summed E-state index contributed by atoms with van der Waals surface area (Å²) in [5.74, 6) is 0.0824. The van der Waals surface area contributed by atoms with Crippen molar-refractivity contribution in [3.8, 4) is 5.75 Å². The number of carbonyl (C=O) groups excluding carboxylic acids is 2. The number of esters is 1. The van der Waals surface area contributed by atoms with Gasteiger partial charge in [0, 0.05) is 18.2 Å². The van der Waals surface area contributed by atoms with Crippen molar-refractivity contribution in [1.82, 2.24) is 0 Å². The maximum Gasteiger partial charge on any atom is 0.306 e. The summed E-state index contributed by atoms with van der Waals surface area (Å²) in [5, 5.41) is 2.73. The molecule has 0 heterocycles. The van der Waals surface area contributed by atoms with Crippen LogP contribution in [0.5, 0.6) is 5.75 Å². The first-order chi connectivity index (χ1) is 12.2. The molecule has 132 valence electrons. The summed E-state index contributed by atoms with van der Waals surface area (Å²) in [6.07, 6.45) is 1.80. The highest BCUT2D eigenvalue weighted by Gasteiger charge is 2.09. The SMILES string of the molecule is COc1cccc(NC(=O)CCC(=O)OCCCc2ccccc2)c1. The average Bonchev–Trinajstić information content (AvgIpc) is 2.64. The molecule has 0 aliphatic heterocycles. The van der Waals surface area contributed by atoms with Gasteiger partial charge >= 0.3 is 5.97 Å². The molecule has 0 saturated carbocycles. The van der Waals surface area contributed by atoms with E-state index in [9.17, 15) is 9.59 Å². The molecule has 0 saturated heterocycles. The molecule has 0 atom stereocenters. The molecule has 1 amide bonds. The minimum Gasteiger partial charge on any atom is -0.497 e. The lowest BCUT2D eigenvalue weighted by Gasteiger charge is -2.07. The number of methoxy groups -OCH3 is 1. The summed E-state index contributed by atoms with van der Waals surface area (Å²) in [6.45, 7) is 0.366. The first-order valence-electron chi connectivity index (χ1n) is 8.31. The lowest BCUT2D eigenvalue weighted by Crippen LogP contribution is -2.15. The molecule has 1 N–H and O–H groups in total. The number of benzene rings is 2. The van der Waals surface area contributed by atoms with Crippen molar-refractivity contribution in [2.75, 3.05) is 19.0 Å². The molecule has 2 aromatic carbocycles. The zero-order valence-electron chi connectivity index (χ0n) is 14.4. The number of rotatable bonds is 9. The smallest absolute Gasteiger partial charge is 0.306 e. The monoisotopic (exact) mass is 341 g/mol. The van der Waals surface area contributed by atoms with Crippen molar-refractivity contribution in [3.05, 3.63) is 60.2 Å². The van der Waals surface area contributed by atoms with Gasteiger partial charge < -0.3 is 14.8 Å². The number of anilines is 1. The number of carbonyl (C=O) groups is 2. The van der Waals surface area contributed by atoms with Crippen LogP contribution >= 0.6 is 0 Å². The predicted molar refractivity (Wildman–Crippen MR) is 96.6 cm³/mol. The highest BCUT2D eigenvalue weighted by atomic mass is 16.5. The number of aryl methyl sites for hydroxylation is 1. The third-order valence-electron chi connectivity index (χ3n) is 3.63. The van der Waals surface area contributed by atoms with E-state index >= 15 is 0 Å². The van der Waals surface area contributed by atoms with Gasteiger partial charge in [-0.2, -0.15) is 0 Å². The van der Waals surface area contributed by atoms with E-state index in [0.717, 1.165) is 12.8 Å². The highest BCUT2D eigenvalue weighted by Crippen LogP contribution is 2.17. The Morgan fingerprint density at radius 3 is 2.56 bits per heavy atom. The van der Waals surface area contributed by atoms with Crippen LogP contribution < -0.4 is 10.1 Å². The van der Waals surface area contributed by atoms with Gasteiger partial charge in [-0.3, -0.25) is 9.59 Å². The summed E-state index contributed by atoms with van der Waals surface area (Å²) < 4.78 is 10.3. The third kappa shape index (κ3) is 7.08. The number of hydrogen-bond donors (Lipinski definition) is 1. The van der Waals surface area contributed by atoms with E-state index < -0.39 is 0 Å². The molecular formula is C20H23NO4. The van der Waals surface area contributed by atoms with Crippen molar-refractivity contribution in [2.24, 2.45) is 0 Å². The normalized spacial score (nSPS) is 10.1. The molecule has 5 nitrogen and oxygen atoms in total. The largest absolute Gasteiger partial charge is 0.497 e. The first kappa shape index (κ1) is 18.5. The number of amides is 1. The van der Waals surface area contributed by atoms with Gasteiger partial charge in [-0.1, -0.05) is 36.4 Å². The van der Waals surface area contributed by atoms with Crippen LogP contribution in [0.1, 0.15) is 24.8 Å². The fourth-order valence-electron chi connectivity index (χ4n) is 2.32. The van der Waals surface area contributed by atoms with Crippen LogP contribution in [-0.2, 0) is 20.7 Å². The zero-order valence-corrected chi connectivity index (χ0v) is 14.4. The van der Waals surface area contributed by atoms with Crippen molar-refractivity contribution < 1.29 is 19.1 Å². The first-order valence-corrected chi connectivity index (χ1v) is 8.31. The van der Waals surface area contributed by atoms with E-state index in [0.29, 0.717) is 18.0 Å². The minimum absolute atomic E-state index is 0.0706. The molecule has 0 bridgehead atoms. The van der Waals surface area contributed by atoms with Crippen molar-refractivity contribution in [2.45, 2.75) is 25.7 Å². The van der Waals surface area contributed by atoms with E-state index in [1.54, 1.807) is 31.4 Å². The van der Waals surface area contributed by atoms with Crippen LogP contribution in [0.4, 0.5) is 5.69 Å². The van der Waals surface area contributed by atoms with Gasteiger partial charge in [0.05, 0.1) is 20.1 Å². The van der Waals surface area contributed by atoms with Gasteiger partial charge in [-0.25, -0.2) is 0 Å². The number of ether oxygens (including phenoxy) is 2. The summed E-state index contributed by atoms with van der Waals surface area (Å²) in [4.78, 5) is 23.6. The van der Waals surface area contributed by atoms with Crippen LogP contribution in [0.3, 0.4) is 0 Å². The molecule has 2 aromatic rings. The Morgan fingerprint density at radius 1 is 1.00 bits per heavy atom. The highest BCUT2D eigenvalue weighted by molar-refractivity contribution is 5.92. The Kier molecular flexibility index (Phi) is 7.50. The number of hydrogen-bond acceptors (Lipinski definition) is 4. The van der Waals surface area contributed by atoms with Crippen molar-refractivity contribution >= 4 is 17.6 Å². The molecule has 25 heavy (non-hydrogen) atoms. The van der Waals surface area contributed by atoms with E-state index in [-0.39, 0.29) is 24.7 Å². The lowest BCUT2D eigenvalue weighted by atomic mass is 10.1. The second-order valence-electron chi connectivity index (χ2n) is 5.59. The van der Waals surface area contributed by atoms with Crippen LogP contribution in [-0.4, -0.2) is 25.6 Å². The Balaban J connectivity index is 1.61. The molecule has 0 aromatic heterocycles. The molecule has 0 unspecified atom stereocenters. The lowest BCUT2D eigenvalue weighted by molar-refractivity contribution is -0.144. The maximum atomic E-state index is 11.9. The van der Waals surface area contributed by atoms with Gasteiger partial charge in [0.2, 0.25) is 5.91 Å². The fraction of sp³-hybridized carbons (Fsp3) is 0.300. The molecule has 0 fully saturated rings. The van der Waals surface area contributed by atoms with Gasteiger partial charge in [0.15, 0.2) is 0 Å². The molecule has 0 aliphatic carbocycles. The van der Waals surface area contributed by atoms with Gasteiger partial charge in [0.1, 0.15) is 5.75 Å². The summed E-state index contributed by atoms with van der Waals surface area (Å²) in [5.41, 5.74) is 1.86. The number of nitrogens with one attached hydrogen (secondary N) is 1. The predicted octanol–water partition coefficient (Wildman–Crippen LogP) is 3.59. The quantitative estimate of drug-likeness (QED) is 0.559. The third-order valence-corrected chi connectivity index (χ3v) is 3.63. The topological polar surface area (TPSA) is 64.6 Å². The summed E-state index contributed by atoms with van der Waals surface area (Å²) in [6, 6.07) is 17.1. The fourth-order valence-corrected chi connectivity index (χ4v) is 2.32. The molecule has 0 aliphatic rings. The Morgan fingerprint density at radius 2 is 1.80 bits per heavy atom. The maximum absolute atomic E-state index is 11.9. The van der Waals surface area contributed by atoms with Crippen LogP contribution in [0.25, 0.3) is 0 Å². The molecule has 0 spiro atoms. The van der Waals surface area contributed by atoms with Crippen LogP contribution in [0.2, 0.25) is 0 Å². The van der Waals surface area contributed by atoms with Crippen LogP contribution in [0.15, 0.2) is 54.6 Å². The molecule has 2 rings (SSSR count). The van der Waals surface area contributed by atoms with Gasteiger partial charge in [-0.05, 0) is 30.5 Å². The summed E-state index contributed by atoms with van der Waals surface area (Å²) >= 11 is 0. The van der Waals surface area contributed by atoms with Crippen molar-refractivity contribution in [1.29, 1.82) is 0 Å². The van der Waals surface area contributed by atoms with E-state index in [1.165, 1.54) is 5.56 Å². The molecule has 0 radical (unpaired) electrons. The second kappa shape index (κ2) is 10.1. The van der Waals surface area contributed by atoms with E-state index in [4.69, 9.17) is 9.47 Å². The molecule has 5 heteroatoms. The van der Waals surface area contributed by atoms with Crippen molar-refractivity contribution in [3.63, 3.8) is 0 Å². The van der Waals surface area contributed by atoms with E-state index in [2.05, 4.69) is 5.32 Å². The van der Waals surface area contributed by atoms with Gasteiger partial charge in [0.25, 0.3) is 0 Å². The Labute approximate surface area is 148 Å². The Hall–Kier alpha value is -2.82.